The molecule has 0 aromatic heterocycles. The first-order chi connectivity index (χ1) is 13.1. The third-order valence-electron chi connectivity index (χ3n) is 5.34. The molecule has 2 bridgehead atoms. The monoisotopic (exact) mass is 419 g/mol. The highest BCUT2D eigenvalue weighted by atomic mass is 32.2. The number of carbonyl (C=O) groups excluding carboxylic acids is 1. The molecule has 2 fully saturated rings. The average molecular weight is 419 g/mol. The number of rotatable bonds is 7. The van der Waals surface area contributed by atoms with Gasteiger partial charge in [0.1, 0.15) is 5.82 Å². The summed E-state index contributed by atoms with van der Waals surface area (Å²) in [6, 6.07) is 0.0559. The van der Waals surface area contributed by atoms with Gasteiger partial charge in [0.25, 0.3) is 0 Å². The number of halogens is 3. The summed E-state index contributed by atoms with van der Waals surface area (Å²) in [6.45, 7) is 2.41. The topological polar surface area (TPSA) is 83.7 Å². The zero-order valence-electron chi connectivity index (χ0n) is 15.6. The smallest absolute Gasteiger partial charge is 0.224 e. The number of likely N-dealkylation sites (tertiary alicyclic amines) is 1. The summed E-state index contributed by atoms with van der Waals surface area (Å²) in [4.78, 5) is 14.2. The lowest BCUT2D eigenvalue weighted by Crippen LogP contribution is -2.51. The van der Waals surface area contributed by atoms with Gasteiger partial charge in [0.2, 0.25) is 15.9 Å². The zero-order chi connectivity index (χ0) is 20.6. The number of carbonyl (C=O) groups is 1. The molecule has 1 aromatic carbocycles. The van der Waals surface area contributed by atoms with Gasteiger partial charge in [0, 0.05) is 43.7 Å². The third kappa shape index (κ3) is 4.18. The van der Waals surface area contributed by atoms with Crippen LogP contribution < -0.4 is 5.73 Å². The first-order valence-electron chi connectivity index (χ1n) is 9.30. The van der Waals surface area contributed by atoms with Crippen molar-refractivity contribution in [3.63, 3.8) is 0 Å². The minimum absolute atomic E-state index is 0.0800. The fourth-order valence-electron chi connectivity index (χ4n) is 4.07. The number of hydrogen-bond donors (Lipinski definition) is 1. The predicted molar refractivity (Wildman–Crippen MR) is 97.3 cm³/mol. The summed E-state index contributed by atoms with van der Waals surface area (Å²) in [5.41, 5.74) is 5.84. The van der Waals surface area contributed by atoms with Gasteiger partial charge in [-0.05, 0) is 30.9 Å². The summed E-state index contributed by atoms with van der Waals surface area (Å²) in [7, 11) is -3.30. The van der Waals surface area contributed by atoms with Gasteiger partial charge in [-0.3, -0.25) is 4.79 Å². The highest BCUT2D eigenvalue weighted by Crippen LogP contribution is 2.33. The molecule has 3 atom stereocenters. The summed E-state index contributed by atoms with van der Waals surface area (Å²) in [5, 5.41) is 0. The van der Waals surface area contributed by atoms with E-state index in [1.165, 1.54) is 4.31 Å². The van der Waals surface area contributed by atoms with Crippen molar-refractivity contribution in [2.24, 2.45) is 5.73 Å². The quantitative estimate of drug-likeness (QED) is 0.677. The van der Waals surface area contributed by atoms with Gasteiger partial charge >= 0.3 is 0 Å². The van der Waals surface area contributed by atoms with Crippen LogP contribution in [0.25, 0.3) is 0 Å². The maximum absolute atomic E-state index is 13.7. The van der Waals surface area contributed by atoms with Crippen LogP contribution in [0.3, 0.4) is 0 Å². The molecule has 2 N–H and O–H groups in total. The highest BCUT2D eigenvalue weighted by molar-refractivity contribution is 7.89. The van der Waals surface area contributed by atoms with Crippen molar-refractivity contribution in [1.29, 1.82) is 0 Å². The van der Waals surface area contributed by atoms with Crippen LogP contribution in [0.5, 0.6) is 0 Å². The van der Waals surface area contributed by atoms with Crippen LogP contribution in [-0.4, -0.2) is 60.5 Å². The van der Waals surface area contributed by atoms with E-state index in [0.29, 0.717) is 25.5 Å². The van der Waals surface area contributed by atoms with Crippen molar-refractivity contribution in [1.82, 2.24) is 9.21 Å². The van der Waals surface area contributed by atoms with Gasteiger partial charge in [-0.15, -0.1) is 0 Å². The number of hydrogen-bond acceptors (Lipinski definition) is 4. The molecule has 3 rings (SSSR count). The molecule has 0 radical (unpaired) electrons. The summed E-state index contributed by atoms with van der Waals surface area (Å²) >= 11 is 0. The number of benzene rings is 1. The molecular formula is C18H24F3N3O3S. The minimum atomic E-state index is -3.30. The molecule has 0 aliphatic carbocycles. The van der Waals surface area contributed by atoms with E-state index >= 15 is 0 Å². The maximum atomic E-state index is 13.7. The molecule has 2 saturated heterocycles. The van der Waals surface area contributed by atoms with Gasteiger partial charge in [0.05, 0.1) is 5.75 Å². The molecule has 0 saturated carbocycles. The van der Waals surface area contributed by atoms with E-state index in [1.54, 1.807) is 11.8 Å². The Morgan fingerprint density at radius 2 is 1.86 bits per heavy atom. The molecule has 2 heterocycles. The zero-order valence-corrected chi connectivity index (χ0v) is 16.4. The fraction of sp³-hybridized carbons (Fsp3) is 0.611. The van der Waals surface area contributed by atoms with Crippen molar-refractivity contribution in [3.05, 3.63) is 35.1 Å². The Labute approximate surface area is 162 Å². The van der Waals surface area contributed by atoms with E-state index in [1.807, 2.05) is 0 Å². The molecule has 156 valence electrons. The molecule has 2 aliphatic heterocycles. The lowest BCUT2D eigenvalue weighted by molar-refractivity contribution is -0.133. The fourth-order valence-corrected chi connectivity index (χ4v) is 5.82. The predicted octanol–water partition coefficient (Wildman–Crippen LogP) is 1.39. The Bertz CT molecular complexity index is 865. The van der Waals surface area contributed by atoms with Gasteiger partial charge < -0.3 is 10.6 Å². The van der Waals surface area contributed by atoms with E-state index in [0.717, 1.165) is 6.07 Å². The Balaban J connectivity index is 1.58. The number of nitrogens with two attached hydrogens (primary N) is 1. The molecule has 0 spiro atoms. The normalized spacial score (nSPS) is 23.4. The van der Waals surface area contributed by atoms with E-state index in [2.05, 4.69) is 0 Å². The second-order valence-electron chi connectivity index (χ2n) is 7.50. The van der Waals surface area contributed by atoms with Crippen LogP contribution in [-0.2, 0) is 21.2 Å². The van der Waals surface area contributed by atoms with Gasteiger partial charge in [-0.25, -0.2) is 21.6 Å². The van der Waals surface area contributed by atoms with Crippen molar-refractivity contribution < 1.29 is 26.4 Å². The molecular weight excluding hydrogens is 395 g/mol. The van der Waals surface area contributed by atoms with Crippen LogP contribution in [0, 0.1) is 17.5 Å². The van der Waals surface area contributed by atoms with E-state index in [-0.39, 0.29) is 48.7 Å². The highest BCUT2D eigenvalue weighted by Gasteiger charge is 2.49. The Kier molecular flexibility index (Phi) is 6.02. The Morgan fingerprint density at radius 3 is 2.46 bits per heavy atom. The SMILES string of the molecule is CCCS(=O)(=O)N1CC2CC1CN2C(=O)C[C@H](N)Cc1cc(F)c(F)cc1F. The van der Waals surface area contributed by atoms with Crippen molar-refractivity contribution in [2.75, 3.05) is 18.8 Å². The standard InChI is InChI=1S/C18H24F3N3O3S/c1-2-3-28(26,27)24-10-13-7-14(24)9-23(13)18(25)6-12(22)4-11-5-16(20)17(21)8-15(11)19/h5,8,12-14H,2-4,6-7,9-10,22H2,1H3/t12-,13?,14?/m1/s1. The number of fused-ring (bicyclic) bond motifs is 2. The Morgan fingerprint density at radius 1 is 1.18 bits per heavy atom. The summed E-state index contributed by atoms with van der Waals surface area (Å²) in [5.74, 6) is -3.49. The number of piperazine rings is 1. The minimum Gasteiger partial charge on any atom is -0.337 e. The molecule has 1 aromatic rings. The lowest BCUT2D eigenvalue weighted by Gasteiger charge is -2.34. The van der Waals surface area contributed by atoms with Gasteiger partial charge in [-0.2, -0.15) is 4.31 Å². The summed E-state index contributed by atoms with van der Waals surface area (Å²) < 4.78 is 66.1. The van der Waals surface area contributed by atoms with Crippen molar-refractivity contribution in [2.45, 2.75) is 50.7 Å². The van der Waals surface area contributed by atoms with Crippen LogP contribution in [0.2, 0.25) is 0 Å². The van der Waals surface area contributed by atoms with Crippen molar-refractivity contribution in [3.8, 4) is 0 Å². The molecule has 2 unspecified atom stereocenters. The van der Waals surface area contributed by atoms with E-state index in [9.17, 15) is 26.4 Å². The number of amides is 1. The van der Waals surface area contributed by atoms with Crippen LogP contribution >= 0.6 is 0 Å². The second-order valence-corrected chi connectivity index (χ2v) is 9.54. The third-order valence-corrected chi connectivity index (χ3v) is 7.42. The van der Waals surface area contributed by atoms with Crippen LogP contribution in [0.15, 0.2) is 12.1 Å². The van der Waals surface area contributed by atoms with Gasteiger partial charge in [0.15, 0.2) is 11.6 Å². The average Bonchev–Trinajstić information content (AvgIpc) is 3.20. The first-order valence-corrected chi connectivity index (χ1v) is 10.9. The van der Waals surface area contributed by atoms with Gasteiger partial charge in [-0.1, -0.05) is 6.92 Å². The lowest BCUT2D eigenvalue weighted by atomic mass is 10.0. The first kappa shape index (κ1) is 21.1. The van der Waals surface area contributed by atoms with E-state index < -0.39 is 33.5 Å². The summed E-state index contributed by atoms with van der Waals surface area (Å²) in [6.07, 6.45) is 0.951. The van der Waals surface area contributed by atoms with Crippen LogP contribution in [0.1, 0.15) is 31.7 Å². The number of nitrogens with zero attached hydrogens (tertiary/aromatic N) is 2. The largest absolute Gasteiger partial charge is 0.337 e. The maximum Gasteiger partial charge on any atom is 0.224 e. The number of sulfonamides is 1. The van der Waals surface area contributed by atoms with Crippen molar-refractivity contribution >= 4 is 15.9 Å². The molecule has 1 amide bonds. The van der Waals surface area contributed by atoms with Crippen LogP contribution in [0.4, 0.5) is 13.2 Å². The molecule has 2 aliphatic rings. The Hall–Kier alpha value is -1.65. The van der Waals surface area contributed by atoms with E-state index in [4.69, 9.17) is 5.73 Å². The second kappa shape index (κ2) is 8.00. The molecule has 6 nitrogen and oxygen atoms in total. The molecule has 10 heteroatoms. The molecule has 28 heavy (non-hydrogen) atoms.